The van der Waals surface area contributed by atoms with E-state index in [0.29, 0.717) is 24.0 Å². The number of aromatic nitrogens is 2. The van der Waals surface area contributed by atoms with Gasteiger partial charge < -0.3 is 20.1 Å². The highest BCUT2D eigenvalue weighted by molar-refractivity contribution is 5.60. The first-order valence-electron chi connectivity index (χ1n) is 8.71. The van der Waals surface area contributed by atoms with E-state index < -0.39 is 0 Å². The largest absolute Gasteiger partial charge is 0.493 e. The summed E-state index contributed by atoms with van der Waals surface area (Å²) in [6, 6.07) is 13.9. The second-order valence-corrected chi connectivity index (χ2v) is 6.25. The number of rotatable bonds is 7. The predicted molar refractivity (Wildman–Crippen MR) is 108 cm³/mol. The van der Waals surface area contributed by atoms with Crippen LogP contribution in [0.15, 0.2) is 48.7 Å². The SMILES string of the molecule is COc1ccc(CNc2ccnc(Nc3cc(C)ccc3C)n2)cc1OC. The molecule has 6 heteroatoms. The highest BCUT2D eigenvalue weighted by atomic mass is 16.5. The number of benzene rings is 2. The Kier molecular flexibility index (Phi) is 5.76. The van der Waals surface area contributed by atoms with E-state index in [0.717, 1.165) is 22.6 Å². The lowest BCUT2D eigenvalue weighted by Gasteiger charge is -2.12. The van der Waals surface area contributed by atoms with Crippen molar-refractivity contribution in [1.82, 2.24) is 9.97 Å². The van der Waals surface area contributed by atoms with Crippen LogP contribution in [0, 0.1) is 13.8 Å². The van der Waals surface area contributed by atoms with Gasteiger partial charge in [0.05, 0.1) is 14.2 Å². The summed E-state index contributed by atoms with van der Waals surface area (Å²) in [4.78, 5) is 8.85. The molecular weight excluding hydrogens is 340 g/mol. The third-order valence-electron chi connectivity index (χ3n) is 4.22. The standard InChI is InChI=1S/C21H24N4O2/c1-14-5-6-15(2)17(11-14)24-21-22-10-9-20(25-21)23-13-16-7-8-18(26-3)19(12-16)27-4/h5-12H,13H2,1-4H3,(H2,22,23,24,25). The van der Waals surface area contributed by atoms with Gasteiger partial charge in [-0.25, -0.2) is 4.98 Å². The summed E-state index contributed by atoms with van der Waals surface area (Å²) in [5.41, 5.74) is 4.40. The molecule has 0 aliphatic heterocycles. The molecule has 0 aliphatic rings. The first kappa shape index (κ1) is 18.5. The molecule has 2 aromatic carbocycles. The highest BCUT2D eigenvalue weighted by Gasteiger charge is 2.06. The molecule has 0 saturated heterocycles. The summed E-state index contributed by atoms with van der Waals surface area (Å²) in [6.45, 7) is 4.73. The molecule has 140 valence electrons. The molecule has 2 N–H and O–H groups in total. The van der Waals surface area contributed by atoms with Crippen molar-refractivity contribution in [2.45, 2.75) is 20.4 Å². The lowest BCUT2D eigenvalue weighted by molar-refractivity contribution is 0.354. The van der Waals surface area contributed by atoms with Gasteiger partial charge in [0.2, 0.25) is 5.95 Å². The summed E-state index contributed by atoms with van der Waals surface area (Å²) in [5.74, 6) is 2.72. The Balaban J connectivity index is 1.70. The van der Waals surface area contributed by atoms with Crippen molar-refractivity contribution >= 4 is 17.5 Å². The molecule has 0 saturated carbocycles. The fourth-order valence-electron chi connectivity index (χ4n) is 2.69. The van der Waals surface area contributed by atoms with E-state index in [9.17, 15) is 0 Å². The van der Waals surface area contributed by atoms with Crippen LogP contribution in [0.1, 0.15) is 16.7 Å². The molecule has 6 nitrogen and oxygen atoms in total. The van der Waals surface area contributed by atoms with Crippen molar-refractivity contribution in [3.63, 3.8) is 0 Å². The molecule has 0 fully saturated rings. The van der Waals surface area contributed by atoms with Gasteiger partial charge in [0.15, 0.2) is 11.5 Å². The predicted octanol–water partition coefficient (Wildman–Crippen LogP) is 4.47. The Hall–Kier alpha value is -3.28. The average Bonchev–Trinajstić information content (AvgIpc) is 2.69. The number of methoxy groups -OCH3 is 2. The Labute approximate surface area is 159 Å². The zero-order valence-corrected chi connectivity index (χ0v) is 16.0. The monoisotopic (exact) mass is 364 g/mol. The summed E-state index contributed by atoms with van der Waals surface area (Å²) >= 11 is 0. The highest BCUT2D eigenvalue weighted by Crippen LogP contribution is 2.28. The van der Waals surface area contributed by atoms with E-state index in [4.69, 9.17) is 9.47 Å². The van der Waals surface area contributed by atoms with Crippen molar-refractivity contribution in [3.05, 3.63) is 65.4 Å². The number of hydrogen-bond donors (Lipinski definition) is 2. The van der Waals surface area contributed by atoms with Gasteiger partial charge in [0.25, 0.3) is 0 Å². The molecule has 3 aromatic rings. The second kappa shape index (κ2) is 8.40. The first-order valence-corrected chi connectivity index (χ1v) is 8.71. The van der Waals surface area contributed by atoms with Crippen LogP contribution in [0.2, 0.25) is 0 Å². The number of nitrogens with one attached hydrogen (secondary N) is 2. The fraction of sp³-hybridized carbons (Fsp3) is 0.238. The molecule has 1 heterocycles. The van der Waals surface area contributed by atoms with Crippen LogP contribution >= 0.6 is 0 Å². The van der Waals surface area contributed by atoms with Gasteiger partial charge in [-0.15, -0.1) is 0 Å². The molecule has 0 amide bonds. The molecule has 1 aromatic heterocycles. The number of anilines is 3. The number of nitrogens with zero attached hydrogens (tertiary/aromatic N) is 2. The minimum Gasteiger partial charge on any atom is -0.493 e. The van der Waals surface area contributed by atoms with E-state index in [1.54, 1.807) is 20.4 Å². The molecular formula is C21H24N4O2. The normalized spacial score (nSPS) is 10.4. The zero-order valence-electron chi connectivity index (χ0n) is 16.0. The lowest BCUT2D eigenvalue weighted by Crippen LogP contribution is -2.05. The van der Waals surface area contributed by atoms with Gasteiger partial charge in [0, 0.05) is 18.4 Å². The van der Waals surface area contributed by atoms with Crippen molar-refractivity contribution in [2.24, 2.45) is 0 Å². The van der Waals surface area contributed by atoms with Gasteiger partial charge in [-0.1, -0.05) is 18.2 Å². The van der Waals surface area contributed by atoms with Crippen LogP contribution in [0.3, 0.4) is 0 Å². The van der Waals surface area contributed by atoms with E-state index in [1.165, 1.54) is 5.56 Å². The molecule has 0 bridgehead atoms. The summed E-state index contributed by atoms with van der Waals surface area (Å²) in [6.07, 6.45) is 1.73. The molecule has 27 heavy (non-hydrogen) atoms. The number of aryl methyl sites for hydroxylation is 2. The molecule has 0 aliphatic carbocycles. The Morgan fingerprint density at radius 3 is 2.52 bits per heavy atom. The minimum absolute atomic E-state index is 0.556. The lowest BCUT2D eigenvalue weighted by atomic mass is 10.1. The van der Waals surface area contributed by atoms with Gasteiger partial charge in [-0.05, 0) is 54.8 Å². The van der Waals surface area contributed by atoms with Crippen molar-refractivity contribution in [1.29, 1.82) is 0 Å². The fourth-order valence-corrected chi connectivity index (χ4v) is 2.69. The van der Waals surface area contributed by atoms with Crippen LogP contribution in [-0.2, 0) is 6.54 Å². The van der Waals surface area contributed by atoms with Crippen molar-refractivity contribution in [2.75, 3.05) is 24.9 Å². The molecule has 3 rings (SSSR count). The molecule has 0 atom stereocenters. The molecule has 0 radical (unpaired) electrons. The van der Waals surface area contributed by atoms with Gasteiger partial charge in [0.1, 0.15) is 5.82 Å². The van der Waals surface area contributed by atoms with Gasteiger partial charge in [-0.2, -0.15) is 4.98 Å². The third kappa shape index (κ3) is 4.67. The quantitative estimate of drug-likeness (QED) is 0.645. The van der Waals surface area contributed by atoms with E-state index >= 15 is 0 Å². The second-order valence-electron chi connectivity index (χ2n) is 6.25. The first-order chi connectivity index (χ1) is 13.1. The van der Waals surface area contributed by atoms with Crippen LogP contribution in [0.25, 0.3) is 0 Å². The summed E-state index contributed by atoms with van der Waals surface area (Å²) in [5, 5.41) is 6.60. The minimum atomic E-state index is 0.556. The van der Waals surface area contributed by atoms with Crippen molar-refractivity contribution in [3.8, 4) is 11.5 Å². The number of hydrogen-bond acceptors (Lipinski definition) is 6. The van der Waals surface area contributed by atoms with Crippen LogP contribution in [-0.4, -0.2) is 24.2 Å². The Morgan fingerprint density at radius 2 is 1.74 bits per heavy atom. The van der Waals surface area contributed by atoms with Crippen LogP contribution < -0.4 is 20.1 Å². The maximum absolute atomic E-state index is 5.35. The van der Waals surface area contributed by atoms with Gasteiger partial charge in [-0.3, -0.25) is 0 Å². The van der Waals surface area contributed by atoms with Gasteiger partial charge >= 0.3 is 0 Å². The summed E-state index contributed by atoms with van der Waals surface area (Å²) < 4.78 is 10.6. The maximum Gasteiger partial charge on any atom is 0.229 e. The zero-order chi connectivity index (χ0) is 19.2. The van der Waals surface area contributed by atoms with E-state index in [-0.39, 0.29) is 0 Å². The van der Waals surface area contributed by atoms with E-state index in [1.807, 2.05) is 24.3 Å². The Bertz CT molecular complexity index is 928. The van der Waals surface area contributed by atoms with Crippen LogP contribution in [0.4, 0.5) is 17.5 Å². The molecule has 0 spiro atoms. The third-order valence-corrected chi connectivity index (χ3v) is 4.22. The number of ether oxygens (including phenoxy) is 2. The van der Waals surface area contributed by atoms with Crippen molar-refractivity contribution < 1.29 is 9.47 Å². The summed E-state index contributed by atoms with van der Waals surface area (Å²) in [7, 11) is 3.26. The maximum atomic E-state index is 5.35. The smallest absolute Gasteiger partial charge is 0.229 e. The molecule has 0 unspecified atom stereocenters. The van der Waals surface area contributed by atoms with E-state index in [2.05, 4.69) is 52.6 Å². The Morgan fingerprint density at radius 1 is 0.926 bits per heavy atom. The topological polar surface area (TPSA) is 68.3 Å². The van der Waals surface area contributed by atoms with Crippen LogP contribution in [0.5, 0.6) is 11.5 Å². The average molecular weight is 364 g/mol.